The van der Waals surface area contributed by atoms with E-state index in [1.807, 2.05) is 22.6 Å². The molecule has 0 aliphatic heterocycles. The van der Waals surface area contributed by atoms with E-state index in [4.69, 9.17) is 0 Å². The third-order valence-electron chi connectivity index (χ3n) is 2.75. The van der Waals surface area contributed by atoms with Gasteiger partial charge in [-0.25, -0.2) is 13.8 Å². The molecule has 0 bridgehead atoms. The van der Waals surface area contributed by atoms with Gasteiger partial charge >= 0.3 is 12.3 Å². The summed E-state index contributed by atoms with van der Waals surface area (Å²) in [6, 6.07) is 0. The topological polar surface area (TPSA) is 55.0 Å². The lowest BCUT2D eigenvalue weighted by Crippen LogP contribution is -2.32. The number of aromatic amines is 1. The number of ether oxygens (including phenoxy) is 1. The van der Waals surface area contributed by atoms with Crippen molar-refractivity contribution in [2.45, 2.75) is 37.7 Å². The number of H-pyrrole nitrogens is 1. The van der Waals surface area contributed by atoms with Crippen LogP contribution in [0.25, 0.3) is 0 Å². The van der Waals surface area contributed by atoms with Crippen molar-refractivity contribution in [3.8, 4) is 0 Å². The van der Waals surface area contributed by atoms with Gasteiger partial charge in [-0.05, 0) is 35.4 Å². The zero-order valence-corrected chi connectivity index (χ0v) is 12.3. The molecule has 0 amide bonds. The summed E-state index contributed by atoms with van der Waals surface area (Å²) in [6.07, 6.45) is -1.93. The highest BCUT2D eigenvalue weighted by Crippen LogP contribution is 2.40. The fourth-order valence-electron chi connectivity index (χ4n) is 1.57. The number of hydrogen-bond donors (Lipinski definition) is 1. The van der Waals surface area contributed by atoms with E-state index in [1.165, 1.54) is 0 Å². The Labute approximate surface area is 125 Å². The maximum absolute atomic E-state index is 12.6. The Morgan fingerprint density at radius 2 is 2.10 bits per heavy atom. The molecule has 1 aromatic rings. The van der Waals surface area contributed by atoms with Crippen LogP contribution in [0.15, 0.2) is 4.79 Å². The number of aromatic nitrogens is 2. The van der Waals surface area contributed by atoms with Crippen molar-refractivity contribution in [2.75, 3.05) is 6.61 Å². The predicted molar refractivity (Wildman–Crippen MR) is 70.2 cm³/mol. The quantitative estimate of drug-likeness (QED) is 0.584. The van der Waals surface area contributed by atoms with Crippen molar-refractivity contribution in [3.63, 3.8) is 0 Å². The second kappa shape index (κ2) is 5.96. The molecule has 0 aromatic carbocycles. The Kier molecular flexibility index (Phi) is 4.67. The van der Waals surface area contributed by atoms with Crippen LogP contribution in [0.1, 0.15) is 30.3 Å². The fraction of sp³-hybridized carbons (Fsp3) is 0.636. The summed E-state index contributed by atoms with van der Waals surface area (Å²) in [4.78, 5) is 18.2. The minimum absolute atomic E-state index is 0.0717. The van der Waals surface area contributed by atoms with Crippen LogP contribution in [0.5, 0.6) is 0 Å². The summed E-state index contributed by atoms with van der Waals surface area (Å²) in [5.41, 5.74) is 0.246. The molecular formula is C11H11F4IN2O2. The molecule has 1 aliphatic carbocycles. The van der Waals surface area contributed by atoms with Crippen LogP contribution in [-0.2, 0) is 11.3 Å². The molecule has 20 heavy (non-hydrogen) atoms. The van der Waals surface area contributed by atoms with Gasteiger partial charge < -0.3 is 9.72 Å². The summed E-state index contributed by atoms with van der Waals surface area (Å²) >= 11 is 1.87. The highest BCUT2D eigenvalue weighted by Gasteiger charge is 2.41. The maximum Gasteiger partial charge on any atom is 0.330 e. The number of nitrogens with one attached hydrogen (secondary N) is 1. The molecule has 1 aliphatic rings. The van der Waals surface area contributed by atoms with Crippen LogP contribution in [0.4, 0.5) is 17.6 Å². The number of hydrogen-bond acceptors (Lipinski definition) is 3. The van der Waals surface area contributed by atoms with Gasteiger partial charge in [0.25, 0.3) is 5.56 Å². The largest absolute Gasteiger partial charge is 0.367 e. The van der Waals surface area contributed by atoms with Crippen LogP contribution >= 0.6 is 22.6 Å². The Bertz CT molecular complexity index is 546. The first-order chi connectivity index (χ1) is 9.31. The van der Waals surface area contributed by atoms with Crippen LogP contribution in [0.3, 0.4) is 0 Å². The molecule has 0 spiro atoms. The molecule has 0 radical (unpaired) electrons. The van der Waals surface area contributed by atoms with Crippen molar-refractivity contribution in [1.29, 1.82) is 0 Å². The van der Waals surface area contributed by atoms with Gasteiger partial charge in [0.05, 0.1) is 9.26 Å². The van der Waals surface area contributed by atoms with Gasteiger partial charge in [-0.1, -0.05) is 0 Å². The van der Waals surface area contributed by atoms with Crippen LogP contribution in [0, 0.1) is 3.57 Å². The molecule has 2 rings (SSSR count). The lowest BCUT2D eigenvalue weighted by atomic mass is 10.3. The lowest BCUT2D eigenvalue weighted by molar-refractivity contribution is -0.168. The van der Waals surface area contributed by atoms with Gasteiger partial charge in [0.2, 0.25) is 0 Å². The summed E-state index contributed by atoms with van der Waals surface area (Å²) in [7, 11) is 0. The van der Waals surface area contributed by atoms with Gasteiger partial charge in [-0.15, -0.1) is 0 Å². The van der Waals surface area contributed by atoms with E-state index in [9.17, 15) is 22.4 Å². The molecule has 0 atom stereocenters. The summed E-state index contributed by atoms with van der Waals surface area (Å²) in [5, 5.41) is 0. The Balaban J connectivity index is 2.02. The molecule has 1 heterocycles. The van der Waals surface area contributed by atoms with E-state index in [1.54, 1.807) is 0 Å². The average molecular weight is 406 g/mol. The molecule has 4 nitrogen and oxygen atoms in total. The minimum atomic E-state index is -4.21. The van der Waals surface area contributed by atoms with E-state index in [0.29, 0.717) is 9.26 Å². The second-order valence-electron chi connectivity index (χ2n) is 4.54. The first-order valence-corrected chi connectivity index (χ1v) is 6.91. The standard InChI is InChI=1S/C11H11F4IN2O2/c12-10(13)11(14,15)4-20-3-6-17-8(5-1-2-5)7(16)9(19)18-6/h5,10H,1-4H2,(H,17,18,19). The van der Waals surface area contributed by atoms with E-state index >= 15 is 0 Å². The molecule has 1 fully saturated rings. The third kappa shape index (κ3) is 3.68. The van der Waals surface area contributed by atoms with Crippen molar-refractivity contribution < 1.29 is 22.3 Å². The second-order valence-corrected chi connectivity index (χ2v) is 5.62. The number of nitrogens with zero attached hydrogens (tertiary/aromatic N) is 1. The molecular weight excluding hydrogens is 395 g/mol. The van der Waals surface area contributed by atoms with Gasteiger partial charge in [-0.3, -0.25) is 4.79 Å². The highest BCUT2D eigenvalue weighted by molar-refractivity contribution is 14.1. The fourth-order valence-corrected chi connectivity index (χ4v) is 2.26. The summed E-state index contributed by atoms with van der Waals surface area (Å²) < 4.78 is 54.1. The average Bonchev–Trinajstić information content (AvgIpc) is 3.17. The monoisotopic (exact) mass is 406 g/mol. The molecule has 0 unspecified atom stereocenters. The highest BCUT2D eigenvalue weighted by atomic mass is 127. The van der Waals surface area contributed by atoms with Crippen LogP contribution < -0.4 is 5.56 Å². The smallest absolute Gasteiger partial charge is 0.330 e. The van der Waals surface area contributed by atoms with Crippen molar-refractivity contribution in [1.82, 2.24) is 9.97 Å². The Morgan fingerprint density at radius 3 is 2.65 bits per heavy atom. The third-order valence-corrected chi connectivity index (χ3v) is 3.80. The molecule has 1 aromatic heterocycles. The van der Waals surface area contributed by atoms with Crippen LogP contribution in [-0.4, -0.2) is 28.9 Å². The van der Waals surface area contributed by atoms with Gasteiger partial charge in [0.15, 0.2) is 0 Å². The Hall–Kier alpha value is -0.710. The van der Waals surface area contributed by atoms with E-state index in [0.717, 1.165) is 12.8 Å². The summed E-state index contributed by atoms with van der Waals surface area (Å²) in [6.45, 7) is -1.85. The summed E-state index contributed by atoms with van der Waals surface area (Å²) in [5.74, 6) is -3.92. The zero-order chi connectivity index (χ0) is 14.9. The van der Waals surface area contributed by atoms with Gasteiger partial charge in [-0.2, -0.15) is 8.78 Å². The molecule has 112 valence electrons. The molecule has 1 saturated carbocycles. The van der Waals surface area contributed by atoms with Gasteiger partial charge in [0, 0.05) is 5.92 Å². The van der Waals surface area contributed by atoms with E-state index in [-0.39, 0.29) is 17.3 Å². The lowest BCUT2D eigenvalue weighted by Gasteiger charge is -2.15. The maximum atomic E-state index is 12.6. The number of alkyl halides is 4. The van der Waals surface area contributed by atoms with E-state index in [2.05, 4.69) is 14.7 Å². The minimum Gasteiger partial charge on any atom is -0.367 e. The number of halogens is 5. The van der Waals surface area contributed by atoms with Crippen molar-refractivity contribution in [3.05, 3.63) is 25.4 Å². The normalized spacial score (nSPS) is 15.9. The van der Waals surface area contributed by atoms with Gasteiger partial charge in [0.1, 0.15) is 19.0 Å². The van der Waals surface area contributed by atoms with Crippen molar-refractivity contribution >= 4 is 22.6 Å². The molecule has 9 heteroatoms. The van der Waals surface area contributed by atoms with E-state index < -0.39 is 25.6 Å². The van der Waals surface area contributed by atoms with Crippen LogP contribution in [0.2, 0.25) is 0 Å². The first-order valence-electron chi connectivity index (χ1n) is 5.83. The molecule has 0 saturated heterocycles. The Morgan fingerprint density at radius 1 is 1.45 bits per heavy atom. The number of rotatable bonds is 6. The molecule has 1 N–H and O–H groups in total. The predicted octanol–water partition coefficient (Wildman–Crippen LogP) is 2.67. The SMILES string of the molecule is O=c1[nH]c(COCC(F)(F)C(F)F)nc(C2CC2)c1I. The zero-order valence-electron chi connectivity index (χ0n) is 10.1. The first kappa shape index (κ1) is 15.7. The van der Waals surface area contributed by atoms with Crippen molar-refractivity contribution in [2.24, 2.45) is 0 Å².